The van der Waals surface area contributed by atoms with Crippen molar-refractivity contribution in [3.8, 4) is 22.6 Å². The molecule has 0 radical (unpaired) electrons. The van der Waals surface area contributed by atoms with Crippen LogP contribution in [0.3, 0.4) is 0 Å². The van der Waals surface area contributed by atoms with Gasteiger partial charge in [0.05, 0.1) is 5.41 Å². The van der Waals surface area contributed by atoms with E-state index in [9.17, 15) is 0 Å². The van der Waals surface area contributed by atoms with Gasteiger partial charge in [0.25, 0.3) is 0 Å². The number of fused-ring (bicyclic) bond motifs is 6. The van der Waals surface area contributed by atoms with Crippen LogP contribution in [0, 0.1) is 0 Å². The van der Waals surface area contributed by atoms with Crippen molar-refractivity contribution in [3.63, 3.8) is 0 Å². The van der Waals surface area contributed by atoms with Crippen LogP contribution in [0.1, 0.15) is 22.3 Å². The molecule has 0 N–H and O–H groups in total. The molecule has 1 aliphatic rings. The number of para-hydroxylation sites is 1. The third-order valence-electron chi connectivity index (χ3n) is 9.81. The normalized spacial score (nSPS) is 13.4. The highest BCUT2D eigenvalue weighted by atomic mass is 32.2. The Labute approximate surface area is 287 Å². The number of nitrogens with zero attached hydrogens (tertiary/aromatic N) is 2. The van der Waals surface area contributed by atoms with Crippen molar-refractivity contribution in [2.75, 3.05) is 0 Å². The molecule has 0 bridgehead atoms. The summed E-state index contributed by atoms with van der Waals surface area (Å²) in [5.41, 5.74) is 9.47. The molecular formula is C45H28N2OS. The van der Waals surface area contributed by atoms with E-state index in [0.29, 0.717) is 11.4 Å². The minimum atomic E-state index is -0.538. The summed E-state index contributed by atoms with van der Waals surface area (Å²) in [5.74, 6) is 0.670. The first kappa shape index (κ1) is 28.1. The van der Waals surface area contributed by atoms with Gasteiger partial charge in [0.15, 0.2) is 11.4 Å². The Bertz CT molecular complexity index is 2660. The Morgan fingerprint density at radius 2 is 1.14 bits per heavy atom. The fourth-order valence-electron chi connectivity index (χ4n) is 7.60. The Hall–Kier alpha value is -5.97. The first-order valence-corrected chi connectivity index (χ1v) is 17.3. The number of rotatable bonds is 4. The van der Waals surface area contributed by atoms with Crippen molar-refractivity contribution >= 4 is 44.6 Å². The molecule has 1 aliphatic heterocycles. The quantitative estimate of drug-likeness (QED) is 0.191. The Morgan fingerprint density at radius 3 is 1.96 bits per heavy atom. The van der Waals surface area contributed by atoms with Gasteiger partial charge in [-0.05, 0) is 69.4 Å². The first-order chi connectivity index (χ1) is 24.3. The minimum absolute atomic E-state index is 0.538. The molecule has 3 heterocycles. The standard InChI is InChI=1S/C45H28N2OS/c1-3-15-33(16-4-1)45(34-17-5-2-6-18-34)36-20-10-12-22-39(36)49-40-26-25-32(28-37(40)45)44-46-41(31-24-23-29-13-7-8-14-30(29)27-31)43-42(47-44)35-19-9-11-21-38(35)48-43/h1-28H. The lowest BCUT2D eigenvalue weighted by molar-refractivity contribution is 0.667. The number of benzene rings is 7. The topological polar surface area (TPSA) is 38.9 Å². The molecule has 0 spiro atoms. The highest BCUT2D eigenvalue weighted by Crippen LogP contribution is 2.56. The highest BCUT2D eigenvalue weighted by molar-refractivity contribution is 7.99. The van der Waals surface area contributed by atoms with Crippen LogP contribution in [-0.4, -0.2) is 9.97 Å². The predicted octanol–water partition coefficient (Wildman–Crippen LogP) is 11.7. The molecule has 0 amide bonds. The van der Waals surface area contributed by atoms with Gasteiger partial charge in [0, 0.05) is 26.3 Å². The van der Waals surface area contributed by atoms with Gasteiger partial charge >= 0.3 is 0 Å². The van der Waals surface area contributed by atoms with E-state index in [0.717, 1.165) is 38.7 Å². The Balaban J connectivity index is 1.26. The SMILES string of the molecule is c1ccc(C2(c3ccccc3)c3ccccc3Sc3ccc(-c4nc(-c5ccc6ccccc6c5)c5oc6ccccc6c5n4)cc32)cc1. The molecule has 0 fully saturated rings. The molecule has 0 saturated carbocycles. The van der Waals surface area contributed by atoms with E-state index in [1.54, 1.807) is 0 Å². The lowest BCUT2D eigenvalue weighted by Gasteiger charge is -2.42. The smallest absolute Gasteiger partial charge is 0.180 e. The number of furan rings is 1. The van der Waals surface area contributed by atoms with Gasteiger partial charge in [-0.3, -0.25) is 0 Å². The Kier molecular flexibility index (Phi) is 6.33. The molecule has 49 heavy (non-hydrogen) atoms. The van der Waals surface area contributed by atoms with Gasteiger partial charge in [-0.1, -0.05) is 145 Å². The summed E-state index contributed by atoms with van der Waals surface area (Å²) in [4.78, 5) is 13.1. The van der Waals surface area contributed by atoms with E-state index in [1.165, 1.54) is 37.4 Å². The van der Waals surface area contributed by atoms with Gasteiger partial charge in [-0.15, -0.1) is 0 Å². The van der Waals surface area contributed by atoms with Crippen LogP contribution >= 0.6 is 11.8 Å². The lowest BCUT2D eigenvalue weighted by atomic mass is 9.64. The highest BCUT2D eigenvalue weighted by Gasteiger charge is 2.44. The van der Waals surface area contributed by atoms with E-state index in [4.69, 9.17) is 14.4 Å². The molecule has 9 aromatic rings. The van der Waals surface area contributed by atoms with Crippen LogP contribution in [0.2, 0.25) is 0 Å². The molecule has 10 rings (SSSR count). The van der Waals surface area contributed by atoms with Crippen molar-refractivity contribution in [3.05, 3.63) is 192 Å². The monoisotopic (exact) mass is 644 g/mol. The maximum Gasteiger partial charge on any atom is 0.180 e. The number of aromatic nitrogens is 2. The summed E-state index contributed by atoms with van der Waals surface area (Å²) in [7, 11) is 0. The van der Waals surface area contributed by atoms with E-state index in [-0.39, 0.29) is 0 Å². The van der Waals surface area contributed by atoms with Gasteiger partial charge in [0.2, 0.25) is 0 Å². The van der Waals surface area contributed by atoms with Crippen LogP contribution in [0.4, 0.5) is 0 Å². The number of hydrogen-bond acceptors (Lipinski definition) is 4. The molecule has 2 aromatic heterocycles. The minimum Gasteiger partial charge on any atom is -0.452 e. The zero-order valence-electron chi connectivity index (χ0n) is 26.4. The van der Waals surface area contributed by atoms with E-state index < -0.39 is 5.41 Å². The van der Waals surface area contributed by atoms with Crippen LogP contribution in [0.25, 0.3) is 55.5 Å². The van der Waals surface area contributed by atoms with Crippen molar-refractivity contribution < 1.29 is 4.42 Å². The molecule has 0 atom stereocenters. The summed E-state index contributed by atoms with van der Waals surface area (Å²) in [6, 6.07) is 60.4. The van der Waals surface area contributed by atoms with E-state index in [1.807, 2.05) is 30.0 Å². The third kappa shape index (κ3) is 4.31. The average Bonchev–Trinajstić information content (AvgIpc) is 3.55. The summed E-state index contributed by atoms with van der Waals surface area (Å²) < 4.78 is 6.49. The molecule has 4 heteroatoms. The second-order valence-corrected chi connectivity index (χ2v) is 13.6. The average molecular weight is 645 g/mol. The van der Waals surface area contributed by atoms with Gasteiger partial charge in [-0.2, -0.15) is 0 Å². The second-order valence-electron chi connectivity index (χ2n) is 12.5. The summed E-state index contributed by atoms with van der Waals surface area (Å²) in [6.45, 7) is 0. The van der Waals surface area contributed by atoms with Crippen molar-refractivity contribution in [2.24, 2.45) is 0 Å². The van der Waals surface area contributed by atoms with E-state index >= 15 is 0 Å². The molecule has 7 aromatic carbocycles. The molecule has 230 valence electrons. The number of hydrogen-bond donors (Lipinski definition) is 0. The lowest BCUT2D eigenvalue weighted by Crippen LogP contribution is -2.34. The fraction of sp³-hybridized carbons (Fsp3) is 0.0222. The molecule has 0 saturated heterocycles. The first-order valence-electron chi connectivity index (χ1n) is 16.5. The summed E-state index contributed by atoms with van der Waals surface area (Å²) in [6.07, 6.45) is 0. The molecule has 0 aliphatic carbocycles. The summed E-state index contributed by atoms with van der Waals surface area (Å²) >= 11 is 1.83. The maximum atomic E-state index is 6.49. The van der Waals surface area contributed by atoms with Crippen LogP contribution in [0.15, 0.2) is 184 Å². The van der Waals surface area contributed by atoms with E-state index in [2.05, 4.69) is 152 Å². The third-order valence-corrected chi connectivity index (χ3v) is 11.0. The van der Waals surface area contributed by atoms with Gasteiger partial charge in [-0.25, -0.2) is 9.97 Å². The van der Waals surface area contributed by atoms with Crippen molar-refractivity contribution in [1.82, 2.24) is 9.97 Å². The van der Waals surface area contributed by atoms with Crippen LogP contribution < -0.4 is 0 Å². The molecular weight excluding hydrogens is 617 g/mol. The van der Waals surface area contributed by atoms with Crippen molar-refractivity contribution in [1.29, 1.82) is 0 Å². The summed E-state index contributed by atoms with van der Waals surface area (Å²) in [5, 5.41) is 3.32. The van der Waals surface area contributed by atoms with Gasteiger partial charge in [0.1, 0.15) is 16.8 Å². The molecule has 3 nitrogen and oxygen atoms in total. The predicted molar refractivity (Wildman–Crippen MR) is 200 cm³/mol. The Morgan fingerprint density at radius 1 is 0.490 bits per heavy atom. The van der Waals surface area contributed by atoms with Crippen molar-refractivity contribution in [2.45, 2.75) is 15.2 Å². The van der Waals surface area contributed by atoms with Gasteiger partial charge < -0.3 is 4.42 Å². The van der Waals surface area contributed by atoms with Crippen LogP contribution in [0.5, 0.6) is 0 Å². The maximum absolute atomic E-state index is 6.49. The van der Waals surface area contributed by atoms with Crippen LogP contribution in [-0.2, 0) is 5.41 Å². The fourth-order valence-corrected chi connectivity index (χ4v) is 8.77. The zero-order chi connectivity index (χ0) is 32.4. The largest absolute Gasteiger partial charge is 0.452 e. The zero-order valence-corrected chi connectivity index (χ0v) is 27.2. The second kappa shape index (κ2) is 11.0. The molecule has 0 unspecified atom stereocenters.